The van der Waals surface area contributed by atoms with Gasteiger partial charge in [0, 0.05) is 19.3 Å². The van der Waals surface area contributed by atoms with Crippen molar-refractivity contribution >= 4 is 10.0 Å². The molecular formula is C11H19N7O2S. The van der Waals surface area contributed by atoms with Crippen LogP contribution in [0.4, 0.5) is 0 Å². The van der Waals surface area contributed by atoms with Crippen LogP contribution in [-0.4, -0.2) is 39.5 Å². The topological polar surface area (TPSA) is 121 Å². The van der Waals surface area contributed by atoms with E-state index in [0.29, 0.717) is 25.5 Å². The molecule has 0 aliphatic heterocycles. The molecule has 0 unspecified atom stereocenters. The highest BCUT2D eigenvalue weighted by atomic mass is 32.2. The first-order valence-corrected chi connectivity index (χ1v) is 8.14. The normalized spacial score (nSPS) is 11.9. The van der Waals surface area contributed by atoms with Crippen molar-refractivity contribution in [3.8, 4) is 0 Å². The van der Waals surface area contributed by atoms with E-state index >= 15 is 0 Å². The molecule has 0 saturated heterocycles. The van der Waals surface area contributed by atoms with Crippen molar-refractivity contribution in [2.45, 2.75) is 37.9 Å². The molecule has 0 radical (unpaired) electrons. The Kier molecular flexibility index (Phi) is 5.04. The van der Waals surface area contributed by atoms with Crippen LogP contribution >= 0.6 is 0 Å². The minimum Gasteiger partial charge on any atom is -0.330 e. The minimum absolute atomic E-state index is 0.0875. The zero-order valence-corrected chi connectivity index (χ0v) is 12.6. The van der Waals surface area contributed by atoms with E-state index in [1.807, 2.05) is 6.92 Å². The molecule has 0 atom stereocenters. The number of rotatable bonds is 8. The van der Waals surface area contributed by atoms with Gasteiger partial charge < -0.3 is 10.3 Å². The first-order valence-electron chi connectivity index (χ1n) is 6.65. The van der Waals surface area contributed by atoms with Gasteiger partial charge in [0.1, 0.15) is 17.0 Å². The van der Waals surface area contributed by atoms with E-state index in [9.17, 15) is 8.42 Å². The zero-order chi connectivity index (χ0) is 15.3. The maximum atomic E-state index is 12.2. The molecule has 0 spiro atoms. The van der Waals surface area contributed by atoms with Crippen molar-refractivity contribution in [2.75, 3.05) is 6.54 Å². The predicted molar refractivity (Wildman–Crippen MR) is 75.6 cm³/mol. The molecule has 2 aromatic rings. The van der Waals surface area contributed by atoms with Gasteiger partial charge in [-0.2, -0.15) is 5.10 Å². The second kappa shape index (κ2) is 6.78. The maximum absolute atomic E-state index is 12.2. The summed E-state index contributed by atoms with van der Waals surface area (Å²) in [5, 5.41) is 11.6. The molecule has 0 bridgehead atoms. The summed E-state index contributed by atoms with van der Waals surface area (Å²) in [5.74, 6) is 0.566. The minimum atomic E-state index is -3.61. The quantitative estimate of drug-likeness (QED) is 0.666. The van der Waals surface area contributed by atoms with Gasteiger partial charge in [0.05, 0.1) is 12.7 Å². The molecule has 0 aromatic carbocycles. The van der Waals surface area contributed by atoms with E-state index in [-0.39, 0.29) is 11.4 Å². The third-order valence-corrected chi connectivity index (χ3v) is 4.32. The average molecular weight is 313 g/mol. The number of aromatic nitrogens is 5. The Balaban J connectivity index is 2.03. The molecule has 0 aliphatic rings. The Bertz CT molecular complexity index is 676. The monoisotopic (exact) mass is 313 g/mol. The summed E-state index contributed by atoms with van der Waals surface area (Å²) in [5.41, 5.74) is 5.41. The second-order valence-electron chi connectivity index (χ2n) is 4.44. The fraction of sp³-hybridized carbons (Fsp3) is 0.545. The van der Waals surface area contributed by atoms with Crippen LogP contribution in [0, 0.1) is 0 Å². The van der Waals surface area contributed by atoms with Crippen LogP contribution in [-0.2, 0) is 29.7 Å². The number of hydrogen-bond acceptors (Lipinski definition) is 6. The molecule has 0 aliphatic carbocycles. The number of nitrogens with one attached hydrogen (secondary N) is 1. The van der Waals surface area contributed by atoms with Crippen molar-refractivity contribution < 1.29 is 8.42 Å². The van der Waals surface area contributed by atoms with Crippen molar-refractivity contribution in [3.63, 3.8) is 0 Å². The Labute approximate surface area is 123 Å². The third kappa shape index (κ3) is 3.86. The van der Waals surface area contributed by atoms with Crippen molar-refractivity contribution in [1.29, 1.82) is 0 Å². The lowest BCUT2D eigenvalue weighted by molar-refractivity contribution is 0.571. The van der Waals surface area contributed by atoms with Crippen molar-refractivity contribution in [3.05, 3.63) is 24.5 Å². The first-order chi connectivity index (χ1) is 10.1. The van der Waals surface area contributed by atoms with Crippen molar-refractivity contribution in [2.24, 2.45) is 5.73 Å². The molecule has 2 heterocycles. The van der Waals surface area contributed by atoms with Crippen LogP contribution in [0.2, 0.25) is 0 Å². The van der Waals surface area contributed by atoms with Gasteiger partial charge in [0.2, 0.25) is 10.0 Å². The molecule has 9 nitrogen and oxygen atoms in total. The summed E-state index contributed by atoms with van der Waals surface area (Å²) in [6.45, 7) is 3.83. The van der Waals surface area contributed by atoms with Gasteiger partial charge in [-0.25, -0.2) is 13.1 Å². The van der Waals surface area contributed by atoms with Gasteiger partial charge in [0.25, 0.3) is 0 Å². The lowest BCUT2D eigenvalue weighted by atomic mass is 10.4. The summed E-state index contributed by atoms with van der Waals surface area (Å²) in [6.07, 6.45) is 5.12. The summed E-state index contributed by atoms with van der Waals surface area (Å²) < 4.78 is 30.2. The van der Waals surface area contributed by atoms with E-state index in [4.69, 9.17) is 5.73 Å². The van der Waals surface area contributed by atoms with Gasteiger partial charge in [-0.3, -0.25) is 4.68 Å². The molecular weight excluding hydrogens is 294 g/mol. The highest BCUT2D eigenvalue weighted by molar-refractivity contribution is 7.89. The Morgan fingerprint density at radius 3 is 2.95 bits per heavy atom. The Morgan fingerprint density at radius 2 is 2.24 bits per heavy atom. The Morgan fingerprint density at radius 1 is 1.43 bits per heavy atom. The highest BCUT2D eigenvalue weighted by Crippen LogP contribution is 2.08. The van der Waals surface area contributed by atoms with Crippen LogP contribution in [0.5, 0.6) is 0 Å². The summed E-state index contributed by atoms with van der Waals surface area (Å²) >= 11 is 0. The molecule has 2 rings (SSSR count). The van der Waals surface area contributed by atoms with Gasteiger partial charge >= 0.3 is 0 Å². The van der Waals surface area contributed by atoms with Crippen LogP contribution in [0.1, 0.15) is 19.2 Å². The maximum Gasteiger partial charge on any atom is 0.244 e. The standard InChI is InChI=1S/C11H19N7O2S/c1-2-17-9-13-16-11(17)7-15-21(19,20)10-6-14-18(8-10)5-3-4-12/h6,8-9,15H,2-5,7,12H2,1H3. The molecule has 2 aromatic heterocycles. The molecule has 21 heavy (non-hydrogen) atoms. The van der Waals surface area contributed by atoms with E-state index in [1.165, 1.54) is 12.4 Å². The van der Waals surface area contributed by atoms with E-state index in [1.54, 1.807) is 15.6 Å². The SMILES string of the molecule is CCn1cnnc1CNS(=O)(=O)c1cnn(CCCN)c1. The predicted octanol–water partition coefficient (Wildman–Crippen LogP) is -0.678. The van der Waals surface area contributed by atoms with Gasteiger partial charge in [0.15, 0.2) is 0 Å². The van der Waals surface area contributed by atoms with Crippen LogP contribution in [0.25, 0.3) is 0 Å². The molecule has 10 heteroatoms. The highest BCUT2D eigenvalue weighted by Gasteiger charge is 2.17. The second-order valence-corrected chi connectivity index (χ2v) is 6.21. The van der Waals surface area contributed by atoms with Crippen molar-refractivity contribution in [1.82, 2.24) is 29.3 Å². The van der Waals surface area contributed by atoms with E-state index in [2.05, 4.69) is 20.0 Å². The fourth-order valence-corrected chi connectivity index (χ4v) is 2.71. The summed E-state index contributed by atoms with van der Waals surface area (Å²) in [6, 6.07) is 0. The third-order valence-electron chi connectivity index (χ3n) is 2.97. The first kappa shape index (κ1) is 15.6. The number of aryl methyl sites for hydroxylation is 2. The average Bonchev–Trinajstić information content (AvgIpc) is 3.12. The molecule has 3 N–H and O–H groups in total. The lowest BCUT2D eigenvalue weighted by Crippen LogP contribution is -2.24. The van der Waals surface area contributed by atoms with Gasteiger partial charge in [-0.05, 0) is 19.9 Å². The van der Waals surface area contributed by atoms with Crippen LogP contribution in [0.15, 0.2) is 23.6 Å². The van der Waals surface area contributed by atoms with E-state index in [0.717, 1.165) is 6.42 Å². The van der Waals surface area contributed by atoms with Gasteiger partial charge in [-0.1, -0.05) is 0 Å². The van der Waals surface area contributed by atoms with Crippen LogP contribution < -0.4 is 10.5 Å². The smallest absolute Gasteiger partial charge is 0.244 e. The largest absolute Gasteiger partial charge is 0.330 e. The van der Waals surface area contributed by atoms with Gasteiger partial charge in [-0.15, -0.1) is 10.2 Å². The number of sulfonamides is 1. The Hall–Kier alpha value is -1.78. The molecule has 116 valence electrons. The van der Waals surface area contributed by atoms with E-state index < -0.39 is 10.0 Å². The zero-order valence-electron chi connectivity index (χ0n) is 11.8. The molecule has 0 amide bonds. The fourth-order valence-electron chi connectivity index (χ4n) is 1.78. The number of hydrogen-bond donors (Lipinski definition) is 2. The summed E-state index contributed by atoms with van der Waals surface area (Å²) in [7, 11) is -3.61. The molecule has 0 fully saturated rings. The summed E-state index contributed by atoms with van der Waals surface area (Å²) in [4.78, 5) is 0.127. The number of nitrogens with two attached hydrogens (primary N) is 1. The van der Waals surface area contributed by atoms with Crippen LogP contribution in [0.3, 0.4) is 0 Å². The number of nitrogens with zero attached hydrogens (tertiary/aromatic N) is 5. The molecule has 0 saturated carbocycles. The lowest BCUT2D eigenvalue weighted by Gasteiger charge is -2.05.